The summed E-state index contributed by atoms with van der Waals surface area (Å²) in [7, 11) is 3.14. The number of esters is 1. The van der Waals surface area contributed by atoms with Crippen molar-refractivity contribution in [1.29, 1.82) is 0 Å². The van der Waals surface area contributed by atoms with Crippen LogP contribution < -0.4 is 10.6 Å². The zero-order chi connectivity index (χ0) is 20.4. The summed E-state index contributed by atoms with van der Waals surface area (Å²) in [6, 6.07) is 12.9. The van der Waals surface area contributed by atoms with Gasteiger partial charge in [-0.2, -0.15) is 19.9 Å². The van der Waals surface area contributed by atoms with Crippen molar-refractivity contribution in [2.75, 3.05) is 24.8 Å². The van der Waals surface area contributed by atoms with E-state index in [0.717, 1.165) is 5.69 Å². The van der Waals surface area contributed by atoms with Crippen LogP contribution in [0.1, 0.15) is 9.67 Å². The molecule has 0 saturated heterocycles. The lowest BCUT2D eigenvalue weighted by molar-refractivity contribution is 0.0606. The molecule has 0 aliphatic rings. The van der Waals surface area contributed by atoms with Crippen LogP contribution in [-0.2, 0) is 4.74 Å². The summed E-state index contributed by atoms with van der Waals surface area (Å²) in [4.78, 5) is 31.4. The van der Waals surface area contributed by atoms with Gasteiger partial charge in [-0.3, -0.25) is 0 Å². The summed E-state index contributed by atoms with van der Waals surface area (Å²) in [6.45, 7) is 0. The number of hydrogen-bond acceptors (Lipinski definition) is 11. The Labute approximate surface area is 169 Å². The maximum absolute atomic E-state index is 11.6. The minimum atomic E-state index is -0.431. The molecule has 2 N–H and O–H groups in total. The number of thiophene rings is 1. The molecule has 3 aromatic heterocycles. The Morgan fingerprint density at radius 1 is 1.07 bits per heavy atom. The van der Waals surface area contributed by atoms with Crippen molar-refractivity contribution in [2.24, 2.45) is 0 Å². The summed E-state index contributed by atoms with van der Waals surface area (Å²) in [5.74, 6) is 0.508. The predicted octanol–water partition coefficient (Wildman–Crippen LogP) is 2.79. The van der Waals surface area contributed by atoms with Gasteiger partial charge in [-0.05, 0) is 24.3 Å². The van der Waals surface area contributed by atoms with Crippen LogP contribution in [0.5, 0.6) is 0 Å². The number of benzene rings is 1. The standard InChI is InChI=1S/C18H15N7O3S/c1-25(10-6-4-3-5-7-10)18-22-13(21-17(19)23-18)14-20-15(28-24-14)11-8-9-12(29-11)16(26)27-2/h3-9H,1-2H3,(H2,19,21,22,23). The minimum absolute atomic E-state index is 0.0308. The smallest absolute Gasteiger partial charge is 0.348 e. The molecule has 1 aromatic carbocycles. The van der Waals surface area contributed by atoms with Crippen LogP contribution in [0.3, 0.4) is 0 Å². The molecule has 0 radical (unpaired) electrons. The molecule has 0 unspecified atom stereocenters. The molecule has 0 amide bonds. The second-order valence-corrected chi connectivity index (χ2v) is 6.87. The number of ether oxygens (including phenoxy) is 1. The molecule has 0 aliphatic heterocycles. The Morgan fingerprint density at radius 3 is 2.62 bits per heavy atom. The fourth-order valence-corrected chi connectivity index (χ4v) is 3.32. The number of aromatic nitrogens is 5. The zero-order valence-electron chi connectivity index (χ0n) is 15.4. The molecule has 0 saturated carbocycles. The van der Waals surface area contributed by atoms with Crippen molar-refractivity contribution in [3.8, 4) is 22.4 Å². The molecular formula is C18H15N7O3S. The maximum atomic E-state index is 11.6. The highest BCUT2D eigenvalue weighted by atomic mass is 32.1. The third-order valence-electron chi connectivity index (χ3n) is 3.91. The average Bonchev–Trinajstić information content (AvgIpc) is 3.42. The Hall–Kier alpha value is -3.86. The van der Waals surface area contributed by atoms with Crippen molar-refractivity contribution < 1.29 is 14.1 Å². The third-order valence-corrected chi connectivity index (χ3v) is 4.97. The van der Waals surface area contributed by atoms with E-state index in [1.807, 2.05) is 37.4 Å². The molecule has 0 bridgehead atoms. The van der Waals surface area contributed by atoms with Crippen LogP contribution in [0.25, 0.3) is 22.4 Å². The van der Waals surface area contributed by atoms with Gasteiger partial charge in [0.25, 0.3) is 5.89 Å². The normalized spacial score (nSPS) is 10.7. The van der Waals surface area contributed by atoms with Crippen molar-refractivity contribution in [3.63, 3.8) is 0 Å². The minimum Gasteiger partial charge on any atom is -0.465 e. The predicted molar refractivity (Wildman–Crippen MR) is 107 cm³/mol. The molecule has 0 fully saturated rings. The molecule has 10 nitrogen and oxygen atoms in total. The zero-order valence-corrected chi connectivity index (χ0v) is 16.3. The summed E-state index contributed by atoms with van der Waals surface area (Å²) in [5, 5.41) is 3.93. The van der Waals surface area contributed by atoms with Crippen LogP contribution in [-0.4, -0.2) is 45.2 Å². The lowest BCUT2D eigenvalue weighted by Crippen LogP contribution is -2.15. The van der Waals surface area contributed by atoms with Gasteiger partial charge < -0.3 is 19.9 Å². The Balaban J connectivity index is 1.65. The van der Waals surface area contributed by atoms with Gasteiger partial charge in [0.1, 0.15) is 4.88 Å². The van der Waals surface area contributed by atoms with Gasteiger partial charge in [-0.1, -0.05) is 23.4 Å². The van der Waals surface area contributed by atoms with Gasteiger partial charge in [0, 0.05) is 12.7 Å². The van der Waals surface area contributed by atoms with Gasteiger partial charge in [-0.25, -0.2) is 4.79 Å². The third kappa shape index (κ3) is 3.75. The van der Waals surface area contributed by atoms with Gasteiger partial charge in [0.2, 0.25) is 23.5 Å². The summed E-state index contributed by atoms with van der Waals surface area (Å²) in [5.41, 5.74) is 6.74. The lowest BCUT2D eigenvalue weighted by Gasteiger charge is -2.17. The maximum Gasteiger partial charge on any atom is 0.348 e. The van der Waals surface area contributed by atoms with E-state index < -0.39 is 5.97 Å². The van der Waals surface area contributed by atoms with Gasteiger partial charge in [0.05, 0.1) is 12.0 Å². The first-order valence-electron chi connectivity index (χ1n) is 8.38. The number of hydrogen-bond donors (Lipinski definition) is 1. The number of carbonyl (C=O) groups is 1. The summed E-state index contributed by atoms with van der Waals surface area (Å²) >= 11 is 1.18. The second-order valence-electron chi connectivity index (χ2n) is 5.79. The SMILES string of the molecule is COC(=O)c1ccc(-c2nc(-c3nc(N)nc(N(C)c4ccccc4)n3)no2)s1. The topological polar surface area (TPSA) is 133 Å². The fraction of sp³-hybridized carbons (Fsp3) is 0.111. The van der Waals surface area contributed by atoms with Gasteiger partial charge >= 0.3 is 5.97 Å². The van der Waals surface area contributed by atoms with Crippen LogP contribution >= 0.6 is 11.3 Å². The van der Waals surface area contributed by atoms with Crippen LogP contribution in [0.2, 0.25) is 0 Å². The van der Waals surface area contributed by atoms with E-state index in [1.54, 1.807) is 17.0 Å². The molecule has 29 heavy (non-hydrogen) atoms. The molecule has 146 valence electrons. The Morgan fingerprint density at radius 2 is 1.86 bits per heavy atom. The van der Waals surface area contributed by atoms with E-state index >= 15 is 0 Å². The van der Waals surface area contributed by atoms with Crippen molar-refractivity contribution >= 4 is 34.9 Å². The van der Waals surface area contributed by atoms with Crippen molar-refractivity contribution in [3.05, 3.63) is 47.3 Å². The summed E-state index contributed by atoms with van der Waals surface area (Å²) in [6.07, 6.45) is 0. The van der Waals surface area contributed by atoms with Crippen LogP contribution in [0.4, 0.5) is 17.6 Å². The quantitative estimate of drug-likeness (QED) is 0.490. The van der Waals surface area contributed by atoms with Crippen LogP contribution in [0.15, 0.2) is 47.0 Å². The highest BCUT2D eigenvalue weighted by molar-refractivity contribution is 7.17. The Bertz CT molecular complexity index is 1160. The molecule has 0 spiro atoms. The molecule has 3 heterocycles. The van der Waals surface area contributed by atoms with E-state index in [1.165, 1.54) is 18.4 Å². The highest BCUT2D eigenvalue weighted by Crippen LogP contribution is 2.29. The number of rotatable bonds is 5. The Kier molecular flexibility index (Phi) is 4.87. The van der Waals surface area contributed by atoms with E-state index in [4.69, 9.17) is 15.0 Å². The number of para-hydroxylation sites is 1. The van der Waals surface area contributed by atoms with E-state index in [-0.39, 0.29) is 23.5 Å². The van der Waals surface area contributed by atoms with Crippen LogP contribution in [0, 0.1) is 0 Å². The largest absolute Gasteiger partial charge is 0.465 e. The average molecular weight is 409 g/mol. The van der Waals surface area contributed by atoms with Gasteiger partial charge in [-0.15, -0.1) is 11.3 Å². The molecular weight excluding hydrogens is 394 g/mol. The van der Waals surface area contributed by atoms with E-state index in [2.05, 4.69) is 25.1 Å². The number of anilines is 3. The molecule has 0 aliphatic carbocycles. The number of nitrogens with zero attached hydrogens (tertiary/aromatic N) is 6. The van der Waals surface area contributed by atoms with Crippen molar-refractivity contribution in [1.82, 2.24) is 25.1 Å². The van der Waals surface area contributed by atoms with E-state index in [9.17, 15) is 4.79 Å². The molecule has 4 aromatic rings. The van der Waals surface area contributed by atoms with Crippen molar-refractivity contribution in [2.45, 2.75) is 0 Å². The molecule has 4 rings (SSSR count). The highest BCUT2D eigenvalue weighted by Gasteiger charge is 2.19. The number of nitrogens with two attached hydrogens (primary N) is 1. The number of methoxy groups -OCH3 is 1. The number of carbonyl (C=O) groups excluding carboxylic acids is 1. The van der Waals surface area contributed by atoms with Gasteiger partial charge in [0.15, 0.2) is 0 Å². The summed E-state index contributed by atoms with van der Waals surface area (Å²) < 4.78 is 10.0. The first kappa shape index (κ1) is 18.5. The lowest BCUT2D eigenvalue weighted by atomic mass is 10.3. The molecule has 0 atom stereocenters. The molecule has 11 heteroatoms. The van der Waals surface area contributed by atoms with E-state index in [0.29, 0.717) is 15.7 Å². The number of nitrogen functional groups attached to an aromatic ring is 1. The second kappa shape index (κ2) is 7.64. The monoisotopic (exact) mass is 409 g/mol. The first-order valence-corrected chi connectivity index (χ1v) is 9.19. The first-order chi connectivity index (χ1) is 14.0. The fourth-order valence-electron chi connectivity index (χ4n) is 2.48.